The quantitative estimate of drug-likeness (QED) is 0.713. The van der Waals surface area contributed by atoms with Gasteiger partial charge in [-0.15, -0.1) is 0 Å². The van der Waals surface area contributed by atoms with Crippen molar-refractivity contribution in [3.63, 3.8) is 0 Å². The number of hydrogen-bond acceptors (Lipinski definition) is 3. The zero-order chi connectivity index (χ0) is 19.6. The average molecular weight is 390 g/mol. The van der Waals surface area contributed by atoms with Crippen LogP contribution in [0.5, 0.6) is 0 Å². The fourth-order valence-corrected chi connectivity index (χ4v) is 4.29. The maximum atomic E-state index is 13.3. The van der Waals surface area contributed by atoms with Crippen LogP contribution in [0.25, 0.3) is 10.9 Å². The van der Waals surface area contributed by atoms with Gasteiger partial charge in [-0.25, -0.2) is 4.98 Å². The molecule has 3 nitrogen and oxygen atoms in total. The largest absolute Gasteiger partial charge is 0.433 e. The van der Waals surface area contributed by atoms with Gasteiger partial charge in [0, 0.05) is 23.2 Å². The third-order valence-electron chi connectivity index (χ3n) is 5.39. The Bertz CT molecular complexity index is 859. The second-order valence-electron chi connectivity index (χ2n) is 7.17. The number of fused-ring (bicyclic) bond motifs is 3. The number of rotatable bonds is 1. The van der Waals surface area contributed by atoms with E-state index in [0.29, 0.717) is 18.9 Å². The Labute approximate surface area is 150 Å². The van der Waals surface area contributed by atoms with Crippen molar-refractivity contribution >= 4 is 16.6 Å². The van der Waals surface area contributed by atoms with Crippen molar-refractivity contribution in [2.75, 3.05) is 4.90 Å². The van der Waals surface area contributed by atoms with Crippen molar-refractivity contribution in [3.05, 3.63) is 35.5 Å². The number of nitrogens with zero attached hydrogens (tertiary/aromatic N) is 2. The van der Waals surface area contributed by atoms with Crippen LogP contribution in [0.3, 0.4) is 0 Å². The minimum Gasteiger partial charge on any atom is -0.393 e. The van der Waals surface area contributed by atoms with Gasteiger partial charge < -0.3 is 10.0 Å². The molecule has 3 atom stereocenters. The van der Waals surface area contributed by atoms with Crippen LogP contribution in [0, 0.1) is 0 Å². The third-order valence-corrected chi connectivity index (χ3v) is 5.39. The fourth-order valence-electron chi connectivity index (χ4n) is 4.29. The predicted octanol–water partition coefficient (Wildman–Crippen LogP) is 4.76. The number of benzene rings is 1. The first kappa shape index (κ1) is 18.3. The third kappa shape index (κ3) is 3.22. The van der Waals surface area contributed by atoms with Crippen LogP contribution in [-0.4, -0.2) is 28.3 Å². The number of pyridine rings is 1. The molecule has 4 rings (SSSR count). The Kier molecular flexibility index (Phi) is 4.06. The minimum atomic E-state index is -4.77. The van der Waals surface area contributed by atoms with Crippen molar-refractivity contribution in [1.29, 1.82) is 0 Å². The molecule has 9 heteroatoms. The lowest BCUT2D eigenvalue weighted by molar-refractivity contribution is -0.140. The summed E-state index contributed by atoms with van der Waals surface area (Å²) in [6.45, 7) is 0. The van der Waals surface area contributed by atoms with Gasteiger partial charge in [0.1, 0.15) is 5.69 Å². The minimum absolute atomic E-state index is 0.132. The molecule has 2 aromatic rings. The predicted molar refractivity (Wildman–Crippen MR) is 86.3 cm³/mol. The van der Waals surface area contributed by atoms with Crippen LogP contribution in [-0.2, 0) is 12.4 Å². The Hall–Kier alpha value is -2.03. The first-order chi connectivity index (χ1) is 12.5. The molecule has 1 unspecified atom stereocenters. The lowest BCUT2D eigenvalue weighted by Gasteiger charge is -2.39. The van der Waals surface area contributed by atoms with E-state index in [1.54, 1.807) is 0 Å². The normalized spacial score (nSPS) is 26.0. The van der Waals surface area contributed by atoms with Gasteiger partial charge in [-0.3, -0.25) is 0 Å². The molecule has 27 heavy (non-hydrogen) atoms. The summed E-state index contributed by atoms with van der Waals surface area (Å²) in [5, 5.41) is 10.2. The maximum Gasteiger partial charge on any atom is 0.433 e. The van der Waals surface area contributed by atoms with Gasteiger partial charge in [0.05, 0.1) is 17.2 Å². The van der Waals surface area contributed by atoms with Crippen molar-refractivity contribution < 1.29 is 31.4 Å². The molecule has 0 saturated carbocycles. The molecular weight excluding hydrogens is 374 g/mol. The zero-order valence-corrected chi connectivity index (χ0v) is 14.0. The van der Waals surface area contributed by atoms with E-state index in [-0.39, 0.29) is 28.7 Å². The first-order valence-corrected chi connectivity index (χ1v) is 8.59. The molecule has 1 aromatic heterocycles. The SMILES string of the molecule is OC1C[C@H]2CC[C@@H](C1)N2c1cc(C(F)(F)F)nc2cc(C(F)(F)F)ccc12. The highest BCUT2D eigenvalue weighted by atomic mass is 19.4. The number of piperidine rings is 1. The van der Waals surface area contributed by atoms with Crippen LogP contribution in [0.15, 0.2) is 24.3 Å². The van der Waals surface area contributed by atoms with E-state index in [4.69, 9.17) is 0 Å². The van der Waals surface area contributed by atoms with Crippen molar-refractivity contribution in [1.82, 2.24) is 4.98 Å². The molecule has 2 saturated heterocycles. The fraction of sp³-hybridized carbons (Fsp3) is 0.500. The summed E-state index contributed by atoms with van der Waals surface area (Å²) >= 11 is 0. The summed E-state index contributed by atoms with van der Waals surface area (Å²) in [6, 6.07) is 3.36. The topological polar surface area (TPSA) is 36.4 Å². The number of aromatic nitrogens is 1. The summed E-state index contributed by atoms with van der Waals surface area (Å²) < 4.78 is 79.0. The van der Waals surface area contributed by atoms with Gasteiger partial charge in [-0.1, -0.05) is 6.07 Å². The molecule has 2 bridgehead atoms. The Morgan fingerprint density at radius 3 is 2.11 bits per heavy atom. The summed E-state index contributed by atoms with van der Waals surface area (Å²) in [7, 11) is 0. The molecule has 0 amide bonds. The van der Waals surface area contributed by atoms with E-state index < -0.39 is 29.7 Å². The Morgan fingerprint density at radius 2 is 1.56 bits per heavy atom. The molecule has 2 fully saturated rings. The number of aliphatic hydroxyl groups is 1. The number of halogens is 6. The standard InChI is InChI=1S/C18H16F6N2O/c19-17(20,21)9-1-4-13-14(5-9)25-16(18(22,23)24)8-15(13)26-10-2-3-11(26)7-12(27)6-10/h1,4-5,8,10-12,27H,2-3,6-7H2/t10-,11+,12?. The zero-order valence-electron chi connectivity index (χ0n) is 14.0. The van der Waals surface area contributed by atoms with E-state index in [2.05, 4.69) is 4.98 Å². The molecule has 146 valence electrons. The summed E-state index contributed by atoms with van der Waals surface area (Å²) in [5.74, 6) is 0. The number of alkyl halides is 6. The molecule has 0 spiro atoms. The molecular formula is C18H16F6N2O. The second-order valence-corrected chi connectivity index (χ2v) is 7.17. The van der Waals surface area contributed by atoms with E-state index in [9.17, 15) is 31.4 Å². The summed E-state index contributed by atoms with van der Waals surface area (Å²) in [6.07, 6.45) is -7.62. The molecule has 1 N–H and O–H groups in total. The number of anilines is 1. The van der Waals surface area contributed by atoms with Gasteiger partial charge in [0.2, 0.25) is 0 Å². The van der Waals surface area contributed by atoms with E-state index >= 15 is 0 Å². The van der Waals surface area contributed by atoms with Crippen LogP contribution in [0.1, 0.15) is 36.9 Å². The first-order valence-electron chi connectivity index (χ1n) is 8.59. The highest BCUT2D eigenvalue weighted by Crippen LogP contribution is 2.44. The van der Waals surface area contributed by atoms with Gasteiger partial charge in [0.25, 0.3) is 0 Å². The maximum absolute atomic E-state index is 13.3. The lowest BCUT2D eigenvalue weighted by atomic mass is 9.97. The Morgan fingerprint density at radius 1 is 0.926 bits per heavy atom. The van der Waals surface area contributed by atoms with E-state index in [1.165, 1.54) is 6.07 Å². The lowest BCUT2D eigenvalue weighted by Crippen LogP contribution is -2.45. The van der Waals surface area contributed by atoms with Gasteiger partial charge in [0.15, 0.2) is 0 Å². The number of hydrogen-bond donors (Lipinski definition) is 1. The van der Waals surface area contributed by atoms with Crippen LogP contribution >= 0.6 is 0 Å². The highest BCUT2D eigenvalue weighted by Gasteiger charge is 2.42. The van der Waals surface area contributed by atoms with E-state index in [1.807, 2.05) is 4.90 Å². The van der Waals surface area contributed by atoms with Crippen LogP contribution in [0.4, 0.5) is 32.0 Å². The molecule has 0 radical (unpaired) electrons. The van der Waals surface area contributed by atoms with Crippen LogP contribution in [0.2, 0.25) is 0 Å². The van der Waals surface area contributed by atoms with Gasteiger partial charge >= 0.3 is 12.4 Å². The highest BCUT2D eigenvalue weighted by molar-refractivity contribution is 5.93. The average Bonchev–Trinajstić information content (AvgIpc) is 2.82. The van der Waals surface area contributed by atoms with Gasteiger partial charge in [-0.2, -0.15) is 26.3 Å². The number of aliphatic hydroxyl groups excluding tert-OH is 1. The Balaban J connectivity index is 1.91. The summed E-state index contributed by atoms with van der Waals surface area (Å²) in [5.41, 5.74) is -2.35. The smallest absolute Gasteiger partial charge is 0.393 e. The molecule has 3 heterocycles. The molecule has 2 aliphatic heterocycles. The monoisotopic (exact) mass is 390 g/mol. The molecule has 1 aromatic carbocycles. The van der Waals surface area contributed by atoms with E-state index in [0.717, 1.165) is 25.0 Å². The van der Waals surface area contributed by atoms with Crippen molar-refractivity contribution in [2.45, 2.75) is 56.2 Å². The van der Waals surface area contributed by atoms with Crippen molar-refractivity contribution in [2.24, 2.45) is 0 Å². The molecule has 2 aliphatic rings. The van der Waals surface area contributed by atoms with Crippen LogP contribution < -0.4 is 4.90 Å². The second kappa shape index (κ2) is 5.98. The summed E-state index contributed by atoms with van der Waals surface area (Å²) in [4.78, 5) is 5.29. The van der Waals surface area contributed by atoms with Gasteiger partial charge in [-0.05, 0) is 43.9 Å². The molecule has 0 aliphatic carbocycles. The van der Waals surface area contributed by atoms with Crippen molar-refractivity contribution in [3.8, 4) is 0 Å².